The number of halogens is 1. The summed E-state index contributed by atoms with van der Waals surface area (Å²) < 4.78 is 0. The van der Waals surface area contributed by atoms with Gasteiger partial charge in [-0.25, -0.2) is 0 Å². The monoisotopic (exact) mass is 352 g/mol. The van der Waals surface area contributed by atoms with Crippen LogP contribution in [0, 0.1) is 0 Å². The van der Waals surface area contributed by atoms with Crippen molar-refractivity contribution >= 4 is 18.3 Å². The maximum Gasteiger partial charge on any atom is 0.227 e. The molecule has 0 radical (unpaired) electrons. The number of amides is 1. The van der Waals surface area contributed by atoms with Crippen LogP contribution in [-0.2, 0) is 17.6 Å². The van der Waals surface area contributed by atoms with Crippen LogP contribution in [0.15, 0.2) is 24.3 Å². The lowest BCUT2D eigenvalue weighted by Gasteiger charge is -2.34. The van der Waals surface area contributed by atoms with Gasteiger partial charge in [0, 0.05) is 12.6 Å². The number of carbonyl (C=O) groups excluding carboxylic acids is 1. The van der Waals surface area contributed by atoms with Crippen molar-refractivity contribution in [3.05, 3.63) is 35.4 Å². The molecule has 3 nitrogen and oxygen atoms in total. The Kier molecular flexibility index (Phi) is 10.0. The van der Waals surface area contributed by atoms with Crippen molar-refractivity contribution in [1.29, 1.82) is 0 Å². The molecule has 4 heteroatoms. The summed E-state index contributed by atoms with van der Waals surface area (Å²) in [4.78, 5) is 14.9. The summed E-state index contributed by atoms with van der Waals surface area (Å²) in [6.07, 6.45) is 7.34. The van der Waals surface area contributed by atoms with E-state index < -0.39 is 0 Å². The molecule has 1 aromatic carbocycles. The number of nitrogens with zero attached hydrogens (tertiary/aromatic N) is 1. The molecule has 2 rings (SSSR count). The number of benzene rings is 1. The molecule has 1 aromatic rings. The second-order valence-electron chi connectivity index (χ2n) is 6.67. The first-order valence-corrected chi connectivity index (χ1v) is 9.32. The summed E-state index contributed by atoms with van der Waals surface area (Å²) >= 11 is 0. The summed E-state index contributed by atoms with van der Waals surface area (Å²) in [6, 6.07) is 9.07. The summed E-state index contributed by atoms with van der Waals surface area (Å²) in [5.74, 6) is 0.292. The number of carbonyl (C=O) groups is 1. The van der Waals surface area contributed by atoms with Gasteiger partial charge < -0.3 is 10.2 Å². The van der Waals surface area contributed by atoms with E-state index in [1.54, 1.807) is 0 Å². The van der Waals surface area contributed by atoms with E-state index in [1.807, 2.05) is 0 Å². The van der Waals surface area contributed by atoms with Gasteiger partial charge >= 0.3 is 0 Å². The number of hydrogen-bond acceptors (Lipinski definition) is 2. The SMILES string of the molecule is CCCCc1ccc(CC(=O)N(CCC)C2CCNCC2)cc1.Cl. The Morgan fingerprint density at radius 2 is 1.71 bits per heavy atom. The van der Waals surface area contributed by atoms with Gasteiger partial charge in [-0.15, -0.1) is 12.4 Å². The highest BCUT2D eigenvalue weighted by Gasteiger charge is 2.24. The second kappa shape index (κ2) is 11.5. The van der Waals surface area contributed by atoms with Gasteiger partial charge in [-0.3, -0.25) is 4.79 Å². The highest BCUT2D eigenvalue weighted by molar-refractivity contribution is 5.85. The van der Waals surface area contributed by atoms with Crippen LogP contribution in [0.1, 0.15) is 57.1 Å². The zero-order valence-electron chi connectivity index (χ0n) is 15.2. The Bertz CT molecular complexity index is 469. The van der Waals surface area contributed by atoms with Crippen LogP contribution in [-0.4, -0.2) is 36.5 Å². The van der Waals surface area contributed by atoms with E-state index in [9.17, 15) is 4.79 Å². The maximum absolute atomic E-state index is 12.8. The number of nitrogens with one attached hydrogen (secondary N) is 1. The Hall–Kier alpha value is -1.06. The molecule has 136 valence electrons. The summed E-state index contributed by atoms with van der Waals surface area (Å²) in [7, 11) is 0. The van der Waals surface area contributed by atoms with Crippen molar-refractivity contribution in [1.82, 2.24) is 10.2 Å². The Labute approximate surface area is 153 Å². The highest BCUT2D eigenvalue weighted by atomic mass is 35.5. The van der Waals surface area contributed by atoms with Gasteiger partial charge in [-0.2, -0.15) is 0 Å². The van der Waals surface area contributed by atoms with Gasteiger partial charge in [0.2, 0.25) is 5.91 Å². The number of piperidine rings is 1. The third-order valence-electron chi connectivity index (χ3n) is 4.73. The highest BCUT2D eigenvalue weighted by Crippen LogP contribution is 2.15. The first-order chi connectivity index (χ1) is 11.2. The summed E-state index contributed by atoms with van der Waals surface area (Å²) in [5.41, 5.74) is 2.53. The Morgan fingerprint density at radius 1 is 1.08 bits per heavy atom. The molecule has 0 aromatic heterocycles. The molecule has 1 N–H and O–H groups in total. The van der Waals surface area contributed by atoms with Crippen molar-refractivity contribution in [2.75, 3.05) is 19.6 Å². The number of hydrogen-bond donors (Lipinski definition) is 1. The zero-order chi connectivity index (χ0) is 16.5. The van der Waals surface area contributed by atoms with E-state index in [0.29, 0.717) is 18.4 Å². The standard InChI is InChI=1S/C20H32N2O.ClH/c1-3-5-6-17-7-9-18(10-8-17)16-20(23)22(15-4-2)19-11-13-21-14-12-19;/h7-10,19,21H,3-6,11-16H2,1-2H3;1H. The van der Waals surface area contributed by atoms with Gasteiger partial charge in [-0.05, 0) is 56.3 Å². The average molecular weight is 353 g/mol. The fourth-order valence-corrected chi connectivity index (χ4v) is 3.35. The van der Waals surface area contributed by atoms with E-state index in [0.717, 1.165) is 50.9 Å². The van der Waals surface area contributed by atoms with Crippen LogP contribution >= 0.6 is 12.4 Å². The smallest absolute Gasteiger partial charge is 0.227 e. The molecule has 1 fully saturated rings. The first kappa shape index (κ1) is 21.0. The predicted molar refractivity (Wildman–Crippen MR) is 104 cm³/mol. The van der Waals surface area contributed by atoms with Crippen LogP contribution in [0.4, 0.5) is 0 Å². The molecule has 0 spiro atoms. The summed E-state index contributed by atoms with van der Waals surface area (Å²) in [6.45, 7) is 7.33. The number of rotatable bonds is 8. The molecular weight excluding hydrogens is 320 g/mol. The van der Waals surface area contributed by atoms with E-state index in [4.69, 9.17) is 0 Å². The molecular formula is C20H33ClN2O. The minimum atomic E-state index is 0. The number of unbranched alkanes of at least 4 members (excludes halogenated alkanes) is 1. The molecule has 1 aliphatic rings. The first-order valence-electron chi connectivity index (χ1n) is 9.32. The average Bonchev–Trinajstić information content (AvgIpc) is 2.59. The van der Waals surface area contributed by atoms with Gasteiger partial charge in [0.15, 0.2) is 0 Å². The molecule has 24 heavy (non-hydrogen) atoms. The lowest BCUT2D eigenvalue weighted by atomic mass is 10.0. The Balaban J connectivity index is 0.00000288. The minimum absolute atomic E-state index is 0. The van der Waals surface area contributed by atoms with Crippen molar-refractivity contribution < 1.29 is 4.79 Å². The van der Waals surface area contributed by atoms with Crippen molar-refractivity contribution in [2.45, 2.75) is 64.8 Å². The fourth-order valence-electron chi connectivity index (χ4n) is 3.35. The van der Waals surface area contributed by atoms with Crippen LogP contribution < -0.4 is 5.32 Å². The van der Waals surface area contributed by atoms with Crippen molar-refractivity contribution in [2.24, 2.45) is 0 Å². The maximum atomic E-state index is 12.8. The zero-order valence-corrected chi connectivity index (χ0v) is 16.0. The molecule has 1 saturated heterocycles. The lowest BCUT2D eigenvalue weighted by molar-refractivity contribution is -0.133. The van der Waals surface area contributed by atoms with Crippen molar-refractivity contribution in [3.8, 4) is 0 Å². The molecule has 1 amide bonds. The van der Waals surface area contributed by atoms with Gasteiger partial charge in [0.25, 0.3) is 0 Å². The van der Waals surface area contributed by atoms with Crippen molar-refractivity contribution in [3.63, 3.8) is 0 Å². The molecule has 0 unspecified atom stereocenters. The third-order valence-corrected chi connectivity index (χ3v) is 4.73. The van der Waals surface area contributed by atoms with E-state index in [-0.39, 0.29) is 12.4 Å². The van der Waals surface area contributed by atoms with E-state index in [1.165, 1.54) is 18.4 Å². The number of aryl methyl sites for hydroxylation is 1. The van der Waals surface area contributed by atoms with E-state index >= 15 is 0 Å². The fraction of sp³-hybridized carbons (Fsp3) is 0.650. The quantitative estimate of drug-likeness (QED) is 0.767. The molecule has 0 aliphatic carbocycles. The largest absolute Gasteiger partial charge is 0.339 e. The minimum Gasteiger partial charge on any atom is -0.339 e. The third kappa shape index (κ3) is 6.45. The Morgan fingerprint density at radius 3 is 2.29 bits per heavy atom. The predicted octanol–water partition coefficient (Wildman–Crippen LogP) is 3.98. The van der Waals surface area contributed by atoms with E-state index in [2.05, 4.69) is 48.3 Å². The second-order valence-corrected chi connectivity index (χ2v) is 6.67. The molecule has 0 bridgehead atoms. The van der Waals surface area contributed by atoms with Gasteiger partial charge in [0.1, 0.15) is 0 Å². The molecule has 0 atom stereocenters. The molecule has 1 heterocycles. The van der Waals surface area contributed by atoms with Gasteiger partial charge in [-0.1, -0.05) is 44.5 Å². The lowest BCUT2D eigenvalue weighted by Crippen LogP contribution is -2.47. The topological polar surface area (TPSA) is 32.3 Å². The summed E-state index contributed by atoms with van der Waals surface area (Å²) in [5, 5.41) is 3.39. The van der Waals surface area contributed by atoms with Gasteiger partial charge in [0.05, 0.1) is 6.42 Å². The molecule has 1 aliphatic heterocycles. The normalized spacial score (nSPS) is 14.9. The molecule has 0 saturated carbocycles. The van der Waals surface area contributed by atoms with Crippen LogP contribution in [0.5, 0.6) is 0 Å². The van der Waals surface area contributed by atoms with Crippen LogP contribution in [0.25, 0.3) is 0 Å². The van der Waals surface area contributed by atoms with Crippen LogP contribution in [0.3, 0.4) is 0 Å². The van der Waals surface area contributed by atoms with Crippen LogP contribution in [0.2, 0.25) is 0 Å².